The molecule has 0 amide bonds. The Morgan fingerprint density at radius 2 is 2.15 bits per heavy atom. The van der Waals surface area contributed by atoms with Crippen LogP contribution in [-0.4, -0.2) is 29.0 Å². The maximum atomic E-state index is 5.97. The number of nitrogens with one attached hydrogen (secondary N) is 2. The standard InChI is InChI=1S/C19H23N5OS/c1-20-18(22-11-16-12-24-8-9-26-19(24)23-16)21-10-15-4-2-3-5-17(15)25-13-14-6-7-14/h2-5,8-9,12,14H,6-7,10-11,13H2,1H3,(H2,20,21,22). The topological polar surface area (TPSA) is 63.0 Å². The van der Waals surface area contributed by atoms with Crippen LogP contribution in [0.1, 0.15) is 24.1 Å². The number of ether oxygens (including phenoxy) is 1. The Morgan fingerprint density at radius 3 is 2.96 bits per heavy atom. The van der Waals surface area contributed by atoms with Crippen LogP contribution in [-0.2, 0) is 13.1 Å². The molecule has 0 radical (unpaired) electrons. The zero-order valence-electron chi connectivity index (χ0n) is 14.8. The van der Waals surface area contributed by atoms with Gasteiger partial charge < -0.3 is 15.4 Å². The van der Waals surface area contributed by atoms with Crippen LogP contribution >= 0.6 is 11.3 Å². The summed E-state index contributed by atoms with van der Waals surface area (Å²) in [6.07, 6.45) is 6.64. The third-order valence-corrected chi connectivity index (χ3v) is 5.16. The second-order valence-electron chi connectivity index (χ2n) is 6.47. The molecule has 2 heterocycles. The van der Waals surface area contributed by atoms with Crippen molar-refractivity contribution in [1.29, 1.82) is 0 Å². The molecule has 0 bridgehead atoms. The molecule has 0 saturated heterocycles. The molecule has 0 unspecified atom stereocenters. The minimum Gasteiger partial charge on any atom is -0.493 e. The van der Waals surface area contributed by atoms with Gasteiger partial charge in [-0.05, 0) is 24.8 Å². The zero-order chi connectivity index (χ0) is 17.8. The molecule has 0 spiro atoms. The minimum absolute atomic E-state index is 0.633. The molecule has 3 aromatic rings. The number of guanidine groups is 1. The molecule has 1 fully saturated rings. The fourth-order valence-electron chi connectivity index (χ4n) is 2.72. The average Bonchev–Trinajstić information content (AvgIpc) is 3.26. The number of benzene rings is 1. The number of hydrogen-bond donors (Lipinski definition) is 2. The average molecular weight is 369 g/mol. The van der Waals surface area contributed by atoms with Gasteiger partial charge in [0.05, 0.1) is 18.8 Å². The number of hydrogen-bond acceptors (Lipinski definition) is 4. The van der Waals surface area contributed by atoms with Gasteiger partial charge in [0.25, 0.3) is 0 Å². The fraction of sp³-hybridized carbons (Fsp3) is 0.368. The highest BCUT2D eigenvalue weighted by Gasteiger charge is 2.22. The van der Waals surface area contributed by atoms with E-state index in [4.69, 9.17) is 4.74 Å². The van der Waals surface area contributed by atoms with Crippen LogP contribution < -0.4 is 15.4 Å². The largest absolute Gasteiger partial charge is 0.493 e. The van der Waals surface area contributed by atoms with E-state index in [1.807, 2.05) is 40.4 Å². The van der Waals surface area contributed by atoms with E-state index in [1.165, 1.54) is 12.8 Å². The van der Waals surface area contributed by atoms with Gasteiger partial charge in [-0.25, -0.2) is 4.98 Å². The summed E-state index contributed by atoms with van der Waals surface area (Å²) in [7, 11) is 1.77. The molecule has 2 aromatic heterocycles. The van der Waals surface area contributed by atoms with Crippen LogP contribution in [0.15, 0.2) is 47.0 Å². The summed E-state index contributed by atoms with van der Waals surface area (Å²) in [5.41, 5.74) is 2.13. The molecule has 0 atom stereocenters. The molecule has 1 aliphatic rings. The van der Waals surface area contributed by atoms with E-state index in [0.29, 0.717) is 13.1 Å². The van der Waals surface area contributed by atoms with Crippen molar-refractivity contribution in [1.82, 2.24) is 20.0 Å². The molecule has 26 heavy (non-hydrogen) atoms. The van der Waals surface area contributed by atoms with Crippen LogP contribution in [0.25, 0.3) is 4.96 Å². The van der Waals surface area contributed by atoms with Crippen molar-refractivity contribution < 1.29 is 4.74 Å². The number of aromatic nitrogens is 2. The monoisotopic (exact) mass is 369 g/mol. The summed E-state index contributed by atoms with van der Waals surface area (Å²) >= 11 is 1.63. The van der Waals surface area contributed by atoms with Crippen LogP contribution in [0.5, 0.6) is 5.75 Å². The molecule has 2 N–H and O–H groups in total. The lowest BCUT2D eigenvalue weighted by Crippen LogP contribution is -2.36. The van der Waals surface area contributed by atoms with Crippen LogP contribution in [0.2, 0.25) is 0 Å². The van der Waals surface area contributed by atoms with Crippen LogP contribution in [0.4, 0.5) is 0 Å². The number of imidazole rings is 1. The molecule has 1 saturated carbocycles. The van der Waals surface area contributed by atoms with Crippen molar-refractivity contribution in [3.63, 3.8) is 0 Å². The van der Waals surface area contributed by atoms with Gasteiger partial charge in [0.1, 0.15) is 5.75 Å². The smallest absolute Gasteiger partial charge is 0.193 e. The Kier molecular flexibility index (Phi) is 5.06. The van der Waals surface area contributed by atoms with Gasteiger partial charge in [-0.3, -0.25) is 9.39 Å². The van der Waals surface area contributed by atoms with Crippen molar-refractivity contribution >= 4 is 22.3 Å². The highest BCUT2D eigenvalue weighted by molar-refractivity contribution is 7.15. The van der Waals surface area contributed by atoms with Crippen molar-refractivity contribution in [3.05, 3.63) is 53.3 Å². The van der Waals surface area contributed by atoms with E-state index in [2.05, 4.69) is 26.7 Å². The zero-order valence-corrected chi connectivity index (χ0v) is 15.6. The number of para-hydroxylation sites is 1. The van der Waals surface area contributed by atoms with Crippen molar-refractivity contribution in [3.8, 4) is 5.75 Å². The van der Waals surface area contributed by atoms with E-state index in [0.717, 1.165) is 40.5 Å². The molecule has 0 aliphatic heterocycles. The number of aliphatic imine (C=N–C) groups is 1. The van der Waals surface area contributed by atoms with E-state index in [1.54, 1.807) is 18.4 Å². The van der Waals surface area contributed by atoms with Gasteiger partial charge in [0.2, 0.25) is 0 Å². The van der Waals surface area contributed by atoms with E-state index >= 15 is 0 Å². The molecule has 1 aromatic carbocycles. The summed E-state index contributed by atoms with van der Waals surface area (Å²) in [6.45, 7) is 2.12. The third kappa shape index (κ3) is 4.16. The van der Waals surface area contributed by atoms with E-state index < -0.39 is 0 Å². The molecule has 136 valence electrons. The Hall–Kier alpha value is -2.54. The number of rotatable bonds is 7. The molecule has 7 heteroatoms. The molecular formula is C19H23N5OS. The molecule has 1 aliphatic carbocycles. The summed E-state index contributed by atoms with van der Waals surface area (Å²) in [6, 6.07) is 8.18. The lowest BCUT2D eigenvalue weighted by molar-refractivity contribution is 0.296. The Balaban J connectivity index is 1.31. The number of fused-ring (bicyclic) bond motifs is 1. The predicted molar refractivity (Wildman–Crippen MR) is 105 cm³/mol. The first-order valence-corrected chi connectivity index (χ1v) is 9.76. The maximum Gasteiger partial charge on any atom is 0.193 e. The first kappa shape index (κ1) is 16.9. The Labute approximate surface area is 156 Å². The van der Waals surface area contributed by atoms with Crippen LogP contribution in [0.3, 0.4) is 0 Å². The quantitative estimate of drug-likeness (QED) is 0.496. The highest BCUT2D eigenvalue weighted by Crippen LogP contribution is 2.30. The van der Waals surface area contributed by atoms with E-state index in [-0.39, 0.29) is 0 Å². The first-order chi connectivity index (χ1) is 12.8. The summed E-state index contributed by atoms with van der Waals surface area (Å²) in [5.74, 6) is 2.45. The van der Waals surface area contributed by atoms with Gasteiger partial charge in [0.15, 0.2) is 10.9 Å². The van der Waals surface area contributed by atoms with Gasteiger partial charge in [-0.15, -0.1) is 11.3 Å². The lowest BCUT2D eigenvalue weighted by Gasteiger charge is -2.14. The normalized spacial score (nSPS) is 14.6. The predicted octanol–water partition coefficient (Wildman–Crippen LogP) is 3.05. The molecule has 4 rings (SSSR count). The Bertz CT molecular complexity index is 868. The maximum absolute atomic E-state index is 5.97. The minimum atomic E-state index is 0.633. The fourth-order valence-corrected chi connectivity index (χ4v) is 3.44. The molecule has 6 nitrogen and oxygen atoms in total. The van der Waals surface area contributed by atoms with Gasteiger partial charge in [-0.1, -0.05) is 18.2 Å². The molecular weight excluding hydrogens is 346 g/mol. The highest BCUT2D eigenvalue weighted by atomic mass is 32.1. The second-order valence-corrected chi connectivity index (χ2v) is 7.34. The third-order valence-electron chi connectivity index (χ3n) is 4.39. The Morgan fingerprint density at radius 1 is 1.31 bits per heavy atom. The van der Waals surface area contributed by atoms with Crippen molar-refractivity contribution in [2.75, 3.05) is 13.7 Å². The number of thiazole rings is 1. The van der Waals surface area contributed by atoms with Crippen molar-refractivity contribution in [2.24, 2.45) is 10.9 Å². The van der Waals surface area contributed by atoms with Crippen LogP contribution in [0, 0.1) is 5.92 Å². The first-order valence-electron chi connectivity index (χ1n) is 8.88. The van der Waals surface area contributed by atoms with Gasteiger partial charge in [-0.2, -0.15) is 0 Å². The van der Waals surface area contributed by atoms with Crippen molar-refractivity contribution in [2.45, 2.75) is 25.9 Å². The summed E-state index contributed by atoms with van der Waals surface area (Å²) in [4.78, 5) is 9.88. The summed E-state index contributed by atoms with van der Waals surface area (Å²) in [5, 5.41) is 8.70. The van der Waals surface area contributed by atoms with E-state index in [9.17, 15) is 0 Å². The van der Waals surface area contributed by atoms with Gasteiger partial charge in [0, 0.05) is 36.9 Å². The number of nitrogens with zero attached hydrogens (tertiary/aromatic N) is 3. The van der Waals surface area contributed by atoms with Gasteiger partial charge >= 0.3 is 0 Å². The SMILES string of the molecule is CN=C(NCc1cn2ccsc2n1)NCc1ccccc1OCC1CC1. The summed E-state index contributed by atoms with van der Waals surface area (Å²) < 4.78 is 8.00. The lowest BCUT2D eigenvalue weighted by atomic mass is 10.2. The second kappa shape index (κ2) is 7.78.